The van der Waals surface area contributed by atoms with Gasteiger partial charge in [-0.1, -0.05) is 0 Å². The third-order valence-electron chi connectivity index (χ3n) is 3.29. The Morgan fingerprint density at radius 2 is 1.85 bits per heavy atom. The van der Waals surface area contributed by atoms with Crippen LogP contribution in [0.1, 0.15) is 26.5 Å². The van der Waals surface area contributed by atoms with E-state index < -0.39 is 0 Å². The molecular weight excluding hydrogens is 275 g/mol. The molecule has 0 spiro atoms. The normalized spacial score (nSPS) is 10.9. The van der Waals surface area contributed by atoms with Gasteiger partial charge < -0.3 is 0 Å². The number of fused-ring (bicyclic) bond motifs is 1. The second-order valence-electron chi connectivity index (χ2n) is 4.52. The van der Waals surface area contributed by atoms with Crippen molar-refractivity contribution < 1.29 is 9.18 Å². The maximum absolute atomic E-state index is 12.9. The highest BCUT2D eigenvalue weighted by Crippen LogP contribution is 2.30. The first kappa shape index (κ1) is 12.9. The average Bonchev–Trinajstić information content (AvgIpc) is 2.74. The smallest absolute Gasteiger partial charge is 0.212 e. The second kappa shape index (κ2) is 4.76. The van der Waals surface area contributed by atoms with Crippen LogP contribution in [0, 0.1) is 19.7 Å². The summed E-state index contributed by atoms with van der Waals surface area (Å²) in [6.45, 7) is 3.95. The number of hydrogen-bond donors (Lipinski definition) is 0. The van der Waals surface area contributed by atoms with Crippen LogP contribution in [-0.4, -0.2) is 15.8 Å². The summed E-state index contributed by atoms with van der Waals surface area (Å²) in [5.74, 6) is -0.574. The zero-order valence-corrected chi connectivity index (χ0v) is 11.8. The SMILES string of the molecule is Cc1sc2ncnc(C(=O)c3ccc(F)cc3)c2c1C. The molecule has 0 bridgehead atoms. The number of ketones is 1. The molecule has 20 heavy (non-hydrogen) atoms. The van der Waals surface area contributed by atoms with Gasteiger partial charge in [0, 0.05) is 15.8 Å². The summed E-state index contributed by atoms with van der Waals surface area (Å²) >= 11 is 1.54. The molecule has 3 aromatic rings. The number of aryl methyl sites for hydroxylation is 2. The Labute approximate surface area is 119 Å². The van der Waals surface area contributed by atoms with Crippen LogP contribution in [-0.2, 0) is 0 Å². The molecule has 3 rings (SSSR count). The largest absolute Gasteiger partial charge is 0.287 e. The molecule has 0 unspecified atom stereocenters. The van der Waals surface area contributed by atoms with Gasteiger partial charge in [0.2, 0.25) is 5.78 Å². The van der Waals surface area contributed by atoms with Gasteiger partial charge in [0.1, 0.15) is 22.7 Å². The van der Waals surface area contributed by atoms with E-state index in [0.717, 1.165) is 20.7 Å². The van der Waals surface area contributed by atoms with Crippen molar-refractivity contribution in [2.45, 2.75) is 13.8 Å². The van der Waals surface area contributed by atoms with E-state index in [9.17, 15) is 9.18 Å². The van der Waals surface area contributed by atoms with Crippen LogP contribution in [0.25, 0.3) is 10.2 Å². The van der Waals surface area contributed by atoms with Crippen molar-refractivity contribution in [2.75, 3.05) is 0 Å². The summed E-state index contributed by atoms with van der Waals surface area (Å²) in [5.41, 5.74) is 1.83. The monoisotopic (exact) mass is 286 g/mol. The van der Waals surface area contributed by atoms with Crippen LogP contribution < -0.4 is 0 Å². The van der Waals surface area contributed by atoms with Gasteiger partial charge in [0.15, 0.2) is 0 Å². The van der Waals surface area contributed by atoms with Crippen LogP contribution in [0.2, 0.25) is 0 Å². The minimum Gasteiger partial charge on any atom is -0.287 e. The van der Waals surface area contributed by atoms with Crippen LogP contribution in [0.15, 0.2) is 30.6 Å². The summed E-state index contributed by atoms with van der Waals surface area (Å²) in [5, 5.41) is 0.796. The summed E-state index contributed by atoms with van der Waals surface area (Å²) in [7, 11) is 0. The number of rotatable bonds is 2. The minimum absolute atomic E-state index is 0.210. The zero-order chi connectivity index (χ0) is 14.3. The number of halogens is 1. The van der Waals surface area contributed by atoms with E-state index >= 15 is 0 Å². The van der Waals surface area contributed by atoms with Crippen molar-refractivity contribution in [1.82, 2.24) is 9.97 Å². The van der Waals surface area contributed by atoms with Gasteiger partial charge in [0.05, 0.1) is 0 Å². The van der Waals surface area contributed by atoms with E-state index in [0.29, 0.717) is 11.3 Å². The van der Waals surface area contributed by atoms with Crippen LogP contribution in [0.4, 0.5) is 4.39 Å². The number of carbonyl (C=O) groups excluding carboxylic acids is 1. The van der Waals surface area contributed by atoms with Crippen molar-refractivity contribution >= 4 is 27.3 Å². The average molecular weight is 286 g/mol. The molecule has 0 fully saturated rings. The molecule has 0 aliphatic carbocycles. The Morgan fingerprint density at radius 3 is 2.55 bits per heavy atom. The summed E-state index contributed by atoms with van der Waals surface area (Å²) in [6, 6.07) is 5.50. The molecule has 2 aromatic heterocycles. The van der Waals surface area contributed by atoms with Gasteiger partial charge in [-0.05, 0) is 43.7 Å². The molecule has 3 nitrogen and oxygen atoms in total. The molecule has 0 N–H and O–H groups in total. The number of nitrogens with zero attached hydrogens (tertiary/aromatic N) is 2. The van der Waals surface area contributed by atoms with E-state index in [-0.39, 0.29) is 11.6 Å². The number of thiophene rings is 1. The quantitative estimate of drug-likeness (QED) is 0.675. The fourth-order valence-corrected chi connectivity index (χ4v) is 3.09. The predicted molar refractivity (Wildman–Crippen MR) is 76.7 cm³/mol. The Morgan fingerprint density at radius 1 is 1.15 bits per heavy atom. The summed E-state index contributed by atoms with van der Waals surface area (Å²) in [6.07, 6.45) is 1.40. The molecule has 1 aromatic carbocycles. The van der Waals surface area contributed by atoms with Crippen molar-refractivity contribution in [1.29, 1.82) is 0 Å². The van der Waals surface area contributed by atoms with E-state index in [1.807, 2.05) is 13.8 Å². The molecule has 2 heterocycles. The maximum Gasteiger partial charge on any atom is 0.212 e. The number of carbonyl (C=O) groups is 1. The van der Waals surface area contributed by atoms with E-state index in [4.69, 9.17) is 0 Å². The van der Waals surface area contributed by atoms with Gasteiger partial charge in [-0.2, -0.15) is 0 Å². The highest BCUT2D eigenvalue weighted by molar-refractivity contribution is 7.18. The standard InChI is InChI=1S/C15H11FN2OS/c1-8-9(2)20-15-12(8)13(17-7-18-15)14(19)10-3-5-11(16)6-4-10/h3-7H,1-2H3. The molecule has 0 aliphatic rings. The Kier molecular flexibility index (Phi) is 3.06. The lowest BCUT2D eigenvalue weighted by molar-refractivity contribution is 0.103. The van der Waals surface area contributed by atoms with Gasteiger partial charge in [-0.25, -0.2) is 14.4 Å². The zero-order valence-electron chi connectivity index (χ0n) is 11.0. The first-order valence-electron chi connectivity index (χ1n) is 6.09. The van der Waals surface area contributed by atoms with Gasteiger partial charge >= 0.3 is 0 Å². The lowest BCUT2D eigenvalue weighted by Crippen LogP contribution is -2.05. The molecule has 100 valence electrons. The molecule has 0 saturated heterocycles. The van der Waals surface area contributed by atoms with Gasteiger partial charge in [0.25, 0.3) is 0 Å². The summed E-state index contributed by atoms with van der Waals surface area (Å²) < 4.78 is 12.9. The van der Waals surface area contributed by atoms with Crippen molar-refractivity contribution in [2.24, 2.45) is 0 Å². The first-order chi connectivity index (χ1) is 9.58. The van der Waals surface area contributed by atoms with E-state index in [1.54, 1.807) is 11.3 Å². The minimum atomic E-state index is -0.364. The van der Waals surface area contributed by atoms with Crippen molar-refractivity contribution in [3.63, 3.8) is 0 Å². The number of aromatic nitrogens is 2. The predicted octanol–water partition coefficient (Wildman–Crippen LogP) is 3.68. The highest BCUT2D eigenvalue weighted by Gasteiger charge is 2.18. The van der Waals surface area contributed by atoms with Crippen LogP contribution >= 0.6 is 11.3 Å². The molecule has 0 radical (unpaired) electrons. The molecule has 5 heteroatoms. The van der Waals surface area contributed by atoms with Crippen LogP contribution in [0.5, 0.6) is 0 Å². The molecule has 0 aliphatic heterocycles. The molecular formula is C15H11FN2OS. The van der Waals surface area contributed by atoms with Crippen LogP contribution in [0.3, 0.4) is 0 Å². The molecule has 0 amide bonds. The highest BCUT2D eigenvalue weighted by atomic mass is 32.1. The molecule has 0 saturated carbocycles. The lowest BCUT2D eigenvalue weighted by atomic mass is 10.0. The Hall–Kier alpha value is -2.14. The Balaban J connectivity index is 2.19. The number of hydrogen-bond acceptors (Lipinski definition) is 4. The van der Waals surface area contributed by atoms with E-state index in [1.165, 1.54) is 30.6 Å². The molecule has 0 atom stereocenters. The van der Waals surface area contributed by atoms with Crippen molar-refractivity contribution in [3.05, 3.63) is 58.1 Å². The topological polar surface area (TPSA) is 42.9 Å². The third-order valence-corrected chi connectivity index (χ3v) is 4.40. The fourth-order valence-electron chi connectivity index (χ4n) is 2.09. The second-order valence-corrected chi connectivity index (χ2v) is 5.72. The number of benzene rings is 1. The van der Waals surface area contributed by atoms with Gasteiger partial charge in [-0.3, -0.25) is 4.79 Å². The Bertz CT molecular complexity index is 809. The third kappa shape index (κ3) is 2.00. The fraction of sp³-hybridized carbons (Fsp3) is 0.133. The first-order valence-corrected chi connectivity index (χ1v) is 6.90. The van der Waals surface area contributed by atoms with Gasteiger partial charge in [-0.15, -0.1) is 11.3 Å². The van der Waals surface area contributed by atoms with Crippen molar-refractivity contribution in [3.8, 4) is 0 Å². The lowest BCUT2D eigenvalue weighted by Gasteiger charge is -2.03. The maximum atomic E-state index is 12.9. The van der Waals surface area contributed by atoms with E-state index in [2.05, 4.69) is 9.97 Å². The summed E-state index contributed by atoms with van der Waals surface area (Å²) in [4.78, 5) is 22.8.